The van der Waals surface area contributed by atoms with Gasteiger partial charge in [-0.3, -0.25) is 9.69 Å². The second-order valence-corrected chi connectivity index (χ2v) is 4.52. The standard InChI is InChI=1S/C16H25NO3/c1-5-17(6-2)15(12-16(18)20-7-3)13-8-10-14(19-4)11-9-13/h8-11,15H,5-7,12H2,1-4H3/t15-/m1/s1. The molecule has 0 saturated carbocycles. The summed E-state index contributed by atoms with van der Waals surface area (Å²) in [6, 6.07) is 7.94. The Morgan fingerprint density at radius 2 is 1.75 bits per heavy atom. The molecular formula is C16H25NO3. The molecule has 1 atom stereocenters. The van der Waals surface area contributed by atoms with Crippen LogP contribution >= 0.6 is 0 Å². The molecule has 112 valence electrons. The lowest BCUT2D eigenvalue weighted by Crippen LogP contribution is -2.30. The first-order chi connectivity index (χ1) is 9.65. The third-order valence-electron chi connectivity index (χ3n) is 3.42. The first-order valence-corrected chi connectivity index (χ1v) is 7.19. The van der Waals surface area contributed by atoms with E-state index in [4.69, 9.17) is 9.47 Å². The summed E-state index contributed by atoms with van der Waals surface area (Å²) < 4.78 is 10.3. The van der Waals surface area contributed by atoms with Crippen molar-refractivity contribution in [2.45, 2.75) is 33.2 Å². The van der Waals surface area contributed by atoms with E-state index in [-0.39, 0.29) is 12.0 Å². The zero-order chi connectivity index (χ0) is 15.0. The van der Waals surface area contributed by atoms with Crippen molar-refractivity contribution in [3.05, 3.63) is 29.8 Å². The van der Waals surface area contributed by atoms with Crippen molar-refractivity contribution in [1.82, 2.24) is 4.90 Å². The molecule has 0 aromatic heterocycles. The van der Waals surface area contributed by atoms with E-state index in [1.54, 1.807) is 7.11 Å². The Morgan fingerprint density at radius 1 is 1.15 bits per heavy atom. The molecule has 0 spiro atoms. The number of ether oxygens (including phenoxy) is 2. The molecule has 0 unspecified atom stereocenters. The fourth-order valence-electron chi connectivity index (χ4n) is 2.33. The SMILES string of the molecule is CCOC(=O)C[C@H](c1ccc(OC)cc1)N(CC)CC. The van der Waals surface area contributed by atoms with E-state index in [0.29, 0.717) is 13.0 Å². The smallest absolute Gasteiger partial charge is 0.307 e. The first-order valence-electron chi connectivity index (χ1n) is 7.19. The number of carbonyl (C=O) groups excluding carboxylic acids is 1. The molecule has 20 heavy (non-hydrogen) atoms. The molecule has 0 aliphatic heterocycles. The number of benzene rings is 1. The highest BCUT2D eigenvalue weighted by Crippen LogP contribution is 2.26. The molecule has 0 saturated heterocycles. The van der Waals surface area contributed by atoms with Crippen LogP contribution in [0, 0.1) is 0 Å². The molecule has 4 heteroatoms. The van der Waals surface area contributed by atoms with Gasteiger partial charge in [-0.1, -0.05) is 26.0 Å². The van der Waals surface area contributed by atoms with Gasteiger partial charge in [-0.15, -0.1) is 0 Å². The van der Waals surface area contributed by atoms with Crippen molar-refractivity contribution in [2.24, 2.45) is 0 Å². The van der Waals surface area contributed by atoms with Gasteiger partial charge in [-0.2, -0.15) is 0 Å². The maximum atomic E-state index is 11.8. The summed E-state index contributed by atoms with van der Waals surface area (Å²) in [6.45, 7) is 8.25. The molecular weight excluding hydrogens is 254 g/mol. The average Bonchev–Trinajstić information content (AvgIpc) is 2.48. The Kier molecular flexibility index (Phi) is 7.09. The van der Waals surface area contributed by atoms with Crippen LogP contribution in [0.2, 0.25) is 0 Å². The second-order valence-electron chi connectivity index (χ2n) is 4.52. The van der Waals surface area contributed by atoms with E-state index in [0.717, 1.165) is 24.4 Å². The number of hydrogen-bond acceptors (Lipinski definition) is 4. The number of esters is 1. The Bertz CT molecular complexity index is 399. The minimum Gasteiger partial charge on any atom is -0.497 e. The summed E-state index contributed by atoms with van der Waals surface area (Å²) in [5.41, 5.74) is 1.11. The average molecular weight is 279 g/mol. The molecule has 1 rings (SSSR count). The molecule has 0 radical (unpaired) electrons. The largest absolute Gasteiger partial charge is 0.497 e. The van der Waals surface area contributed by atoms with Crippen LogP contribution < -0.4 is 4.74 Å². The molecule has 1 aromatic rings. The molecule has 0 amide bonds. The third kappa shape index (κ3) is 4.53. The lowest BCUT2D eigenvalue weighted by Gasteiger charge is -2.29. The fourth-order valence-corrected chi connectivity index (χ4v) is 2.33. The normalized spacial score (nSPS) is 12.2. The summed E-state index contributed by atoms with van der Waals surface area (Å²) in [6.07, 6.45) is 0.377. The Labute approximate surface area is 121 Å². The zero-order valence-corrected chi connectivity index (χ0v) is 12.9. The van der Waals surface area contributed by atoms with Crippen molar-refractivity contribution in [3.8, 4) is 5.75 Å². The molecule has 4 nitrogen and oxygen atoms in total. The molecule has 0 aliphatic carbocycles. The predicted molar refractivity (Wildman–Crippen MR) is 79.9 cm³/mol. The minimum absolute atomic E-state index is 0.0509. The Morgan fingerprint density at radius 3 is 2.20 bits per heavy atom. The maximum Gasteiger partial charge on any atom is 0.307 e. The summed E-state index contributed by atoms with van der Waals surface area (Å²) >= 11 is 0. The summed E-state index contributed by atoms with van der Waals surface area (Å²) in [5, 5.41) is 0. The number of methoxy groups -OCH3 is 1. The molecule has 0 bridgehead atoms. The van der Waals surface area contributed by atoms with Gasteiger partial charge in [-0.05, 0) is 37.7 Å². The highest BCUT2D eigenvalue weighted by molar-refractivity contribution is 5.70. The number of carbonyl (C=O) groups is 1. The van der Waals surface area contributed by atoms with Gasteiger partial charge in [-0.25, -0.2) is 0 Å². The second kappa shape index (κ2) is 8.59. The molecule has 0 fully saturated rings. The Hall–Kier alpha value is -1.55. The highest BCUT2D eigenvalue weighted by Gasteiger charge is 2.22. The highest BCUT2D eigenvalue weighted by atomic mass is 16.5. The third-order valence-corrected chi connectivity index (χ3v) is 3.42. The summed E-state index contributed by atoms with van der Waals surface area (Å²) in [7, 11) is 1.65. The predicted octanol–water partition coefficient (Wildman–Crippen LogP) is 3.03. The molecule has 0 N–H and O–H groups in total. The van der Waals surface area contributed by atoms with Crippen LogP contribution in [0.25, 0.3) is 0 Å². The number of nitrogens with zero attached hydrogens (tertiary/aromatic N) is 1. The summed E-state index contributed by atoms with van der Waals surface area (Å²) in [4.78, 5) is 14.1. The van der Waals surface area contributed by atoms with E-state index < -0.39 is 0 Å². The molecule has 0 aliphatic rings. The van der Waals surface area contributed by atoms with Gasteiger partial charge in [0.1, 0.15) is 5.75 Å². The van der Waals surface area contributed by atoms with Crippen molar-refractivity contribution in [3.63, 3.8) is 0 Å². The van der Waals surface area contributed by atoms with Crippen molar-refractivity contribution < 1.29 is 14.3 Å². The monoisotopic (exact) mass is 279 g/mol. The quantitative estimate of drug-likeness (QED) is 0.686. The Balaban J connectivity index is 2.92. The van der Waals surface area contributed by atoms with E-state index in [1.807, 2.05) is 31.2 Å². The van der Waals surface area contributed by atoms with Gasteiger partial charge in [0.05, 0.1) is 20.1 Å². The van der Waals surface area contributed by atoms with Crippen molar-refractivity contribution >= 4 is 5.97 Å². The van der Waals surface area contributed by atoms with Crippen molar-refractivity contribution in [2.75, 3.05) is 26.8 Å². The van der Waals surface area contributed by atoms with Crippen molar-refractivity contribution in [1.29, 1.82) is 0 Å². The first kappa shape index (κ1) is 16.5. The van der Waals surface area contributed by atoms with Gasteiger partial charge in [0.15, 0.2) is 0 Å². The maximum absolute atomic E-state index is 11.8. The topological polar surface area (TPSA) is 38.8 Å². The number of hydrogen-bond donors (Lipinski definition) is 0. The minimum atomic E-state index is -0.153. The zero-order valence-electron chi connectivity index (χ0n) is 12.9. The van der Waals surface area contributed by atoms with Crippen LogP contribution in [0.1, 0.15) is 38.8 Å². The number of rotatable bonds is 8. The van der Waals surface area contributed by atoms with E-state index in [1.165, 1.54) is 0 Å². The lowest BCUT2D eigenvalue weighted by atomic mass is 10.0. The van der Waals surface area contributed by atoms with Crippen LogP contribution in [0.3, 0.4) is 0 Å². The lowest BCUT2D eigenvalue weighted by molar-refractivity contribution is -0.144. The van der Waals surface area contributed by atoms with Crippen LogP contribution in [0.5, 0.6) is 5.75 Å². The van der Waals surface area contributed by atoms with E-state index >= 15 is 0 Å². The van der Waals surface area contributed by atoms with E-state index in [2.05, 4.69) is 18.7 Å². The van der Waals surface area contributed by atoms with Crippen LogP contribution in [0.4, 0.5) is 0 Å². The molecule has 1 aromatic carbocycles. The summed E-state index contributed by atoms with van der Waals surface area (Å²) in [5.74, 6) is 0.670. The van der Waals surface area contributed by atoms with Gasteiger partial charge in [0, 0.05) is 6.04 Å². The molecule has 0 heterocycles. The van der Waals surface area contributed by atoms with Crippen LogP contribution in [-0.2, 0) is 9.53 Å². The van der Waals surface area contributed by atoms with Crippen LogP contribution in [-0.4, -0.2) is 37.7 Å². The van der Waals surface area contributed by atoms with Gasteiger partial charge >= 0.3 is 5.97 Å². The van der Waals surface area contributed by atoms with Crippen LogP contribution in [0.15, 0.2) is 24.3 Å². The van der Waals surface area contributed by atoms with Gasteiger partial charge < -0.3 is 9.47 Å². The van der Waals surface area contributed by atoms with E-state index in [9.17, 15) is 4.79 Å². The van der Waals surface area contributed by atoms with Gasteiger partial charge in [0.25, 0.3) is 0 Å². The fraction of sp³-hybridized carbons (Fsp3) is 0.562. The van der Waals surface area contributed by atoms with Gasteiger partial charge in [0.2, 0.25) is 0 Å².